The van der Waals surface area contributed by atoms with Crippen molar-refractivity contribution in [2.24, 2.45) is 33.8 Å². The Morgan fingerprint density at radius 3 is 2.03 bits per heavy atom. The van der Waals surface area contributed by atoms with Gasteiger partial charge in [-0.3, -0.25) is 24.2 Å². The highest BCUT2D eigenvalue weighted by molar-refractivity contribution is 7.98. The standard InChI is InChI=1S/C21H40N8O6S/c1-4-11(2)16(20(34)35)29-18(32)13(7-9-36-3)27-19(33)14(10-15(23)30)28-17(31)12(22)6-5-8-26-21(24)25/h11-14,16H,4-10,22H2,1-3H3,(H2,23,30)(H,27,33)(H,28,31)(H,29,32)(H,34,35)(H4,24,25,26). The van der Waals surface area contributed by atoms with E-state index in [1.807, 2.05) is 0 Å². The van der Waals surface area contributed by atoms with Crippen molar-refractivity contribution < 1.29 is 29.1 Å². The number of carboxylic acids is 1. The number of hydrogen-bond acceptors (Lipinski definition) is 8. The van der Waals surface area contributed by atoms with Crippen LogP contribution in [0.4, 0.5) is 0 Å². The summed E-state index contributed by atoms with van der Waals surface area (Å²) in [7, 11) is 0. The van der Waals surface area contributed by atoms with E-state index in [9.17, 15) is 29.1 Å². The van der Waals surface area contributed by atoms with Crippen LogP contribution in [0.1, 0.15) is 46.0 Å². The summed E-state index contributed by atoms with van der Waals surface area (Å²) >= 11 is 1.42. The first kappa shape index (κ1) is 32.9. The molecule has 15 heteroatoms. The summed E-state index contributed by atoms with van der Waals surface area (Å²) in [6, 6.07) is -4.64. The van der Waals surface area contributed by atoms with Gasteiger partial charge in [-0.05, 0) is 37.2 Å². The number of guanidine groups is 1. The number of aliphatic carboxylic acids is 1. The van der Waals surface area contributed by atoms with Crippen LogP contribution in [-0.4, -0.2) is 83.4 Å². The van der Waals surface area contributed by atoms with Crippen LogP contribution in [0.25, 0.3) is 0 Å². The van der Waals surface area contributed by atoms with Gasteiger partial charge in [0.25, 0.3) is 0 Å². The van der Waals surface area contributed by atoms with Gasteiger partial charge in [0, 0.05) is 6.54 Å². The van der Waals surface area contributed by atoms with Crippen molar-refractivity contribution in [3.05, 3.63) is 0 Å². The van der Waals surface area contributed by atoms with Crippen LogP contribution < -0.4 is 38.9 Å². The Labute approximate surface area is 215 Å². The zero-order valence-corrected chi connectivity index (χ0v) is 21.8. The first-order valence-electron chi connectivity index (χ1n) is 11.6. The van der Waals surface area contributed by atoms with E-state index in [2.05, 4.69) is 20.9 Å². The Morgan fingerprint density at radius 1 is 0.944 bits per heavy atom. The van der Waals surface area contributed by atoms with E-state index in [1.54, 1.807) is 20.1 Å². The minimum absolute atomic E-state index is 0.0925. The summed E-state index contributed by atoms with van der Waals surface area (Å²) in [4.78, 5) is 65.2. The highest BCUT2D eigenvalue weighted by Crippen LogP contribution is 2.10. The summed E-state index contributed by atoms with van der Waals surface area (Å²) in [5, 5.41) is 16.8. The average Bonchev–Trinajstić information content (AvgIpc) is 2.80. The number of carbonyl (C=O) groups is 5. The summed E-state index contributed by atoms with van der Waals surface area (Å²) in [6.07, 6.45) is 2.58. The van der Waals surface area contributed by atoms with E-state index in [0.717, 1.165) is 0 Å². The molecule has 14 nitrogen and oxygen atoms in total. The number of nitrogens with two attached hydrogens (primary N) is 4. The maximum Gasteiger partial charge on any atom is 0.326 e. The van der Waals surface area contributed by atoms with E-state index in [1.165, 1.54) is 11.8 Å². The molecular formula is C21H40N8O6S. The Morgan fingerprint density at radius 2 is 1.53 bits per heavy atom. The number of aliphatic imine (C=N–C) groups is 1. The minimum atomic E-state index is -1.38. The molecule has 4 amide bonds. The number of nitrogens with zero attached hydrogens (tertiary/aromatic N) is 1. The molecule has 0 aromatic heterocycles. The lowest BCUT2D eigenvalue weighted by Gasteiger charge is -2.26. The Kier molecular flexibility index (Phi) is 15.9. The lowest BCUT2D eigenvalue weighted by atomic mass is 9.98. The van der Waals surface area contributed by atoms with Gasteiger partial charge in [0.15, 0.2) is 5.96 Å². The number of carbonyl (C=O) groups excluding carboxylic acids is 4. The Hall–Kier alpha value is -3.07. The Balaban J connectivity index is 5.42. The monoisotopic (exact) mass is 532 g/mol. The maximum absolute atomic E-state index is 12.9. The number of carboxylic acid groups (broad SMARTS) is 1. The molecule has 0 aliphatic heterocycles. The summed E-state index contributed by atoms with van der Waals surface area (Å²) in [6.45, 7) is 3.74. The lowest BCUT2D eigenvalue weighted by Crippen LogP contribution is -2.58. The predicted octanol–water partition coefficient (Wildman–Crippen LogP) is -2.42. The van der Waals surface area contributed by atoms with Crippen LogP contribution in [0.2, 0.25) is 0 Å². The Bertz CT molecular complexity index is 792. The molecule has 0 aromatic carbocycles. The van der Waals surface area contributed by atoms with Crippen molar-refractivity contribution in [2.45, 2.75) is 70.1 Å². The van der Waals surface area contributed by atoms with Crippen molar-refractivity contribution in [2.75, 3.05) is 18.6 Å². The molecule has 0 heterocycles. The van der Waals surface area contributed by atoms with Crippen molar-refractivity contribution in [3.8, 4) is 0 Å². The predicted molar refractivity (Wildman–Crippen MR) is 138 cm³/mol. The molecule has 12 N–H and O–H groups in total. The number of thioether (sulfide) groups is 1. The van der Waals surface area contributed by atoms with E-state index >= 15 is 0 Å². The second-order valence-electron chi connectivity index (χ2n) is 8.34. The molecule has 0 spiro atoms. The zero-order chi connectivity index (χ0) is 27.8. The van der Waals surface area contributed by atoms with Gasteiger partial charge in [-0.25, -0.2) is 4.79 Å². The third-order valence-corrected chi connectivity index (χ3v) is 6.01. The second kappa shape index (κ2) is 17.4. The summed E-state index contributed by atoms with van der Waals surface area (Å²) in [5.74, 6) is -4.23. The van der Waals surface area contributed by atoms with Crippen LogP contribution in [0.15, 0.2) is 4.99 Å². The SMILES string of the molecule is CCC(C)C(NC(=O)C(CCSC)NC(=O)C(CC(N)=O)NC(=O)C(N)CCCN=C(N)N)C(=O)O. The molecular weight excluding hydrogens is 492 g/mol. The zero-order valence-electron chi connectivity index (χ0n) is 21.0. The summed E-state index contributed by atoms with van der Waals surface area (Å²) in [5.41, 5.74) is 21.6. The summed E-state index contributed by atoms with van der Waals surface area (Å²) < 4.78 is 0. The molecule has 0 saturated carbocycles. The molecule has 0 aromatic rings. The molecule has 206 valence electrons. The third kappa shape index (κ3) is 13.1. The molecule has 0 saturated heterocycles. The minimum Gasteiger partial charge on any atom is -0.480 e. The molecule has 0 bridgehead atoms. The van der Waals surface area contributed by atoms with E-state index in [4.69, 9.17) is 22.9 Å². The van der Waals surface area contributed by atoms with Crippen molar-refractivity contribution in [1.29, 1.82) is 0 Å². The average molecular weight is 533 g/mol. The number of hydrogen-bond donors (Lipinski definition) is 8. The fourth-order valence-corrected chi connectivity index (χ4v) is 3.52. The normalized spacial score (nSPS) is 14.9. The van der Waals surface area contributed by atoms with E-state index in [0.29, 0.717) is 18.6 Å². The highest BCUT2D eigenvalue weighted by Gasteiger charge is 2.32. The van der Waals surface area contributed by atoms with Gasteiger partial charge in [0.2, 0.25) is 23.6 Å². The fraction of sp³-hybridized carbons (Fsp3) is 0.714. The quantitative estimate of drug-likeness (QED) is 0.0526. The first-order valence-corrected chi connectivity index (χ1v) is 12.9. The fourth-order valence-electron chi connectivity index (χ4n) is 3.05. The number of nitrogens with one attached hydrogen (secondary N) is 3. The van der Waals surface area contributed by atoms with Gasteiger partial charge in [-0.2, -0.15) is 11.8 Å². The number of primary amides is 1. The highest BCUT2D eigenvalue weighted by atomic mass is 32.2. The van der Waals surface area contributed by atoms with Gasteiger partial charge in [-0.1, -0.05) is 20.3 Å². The topological polar surface area (TPSA) is 258 Å². The van der Waals surface area contributed by atoms with Crippen LogP contribution in [0, 0.1) is 5.92 Å². The molecule has 0 aliphatic carbocycles. The third-order valence-electron chi connectivity index (χ3n) is 5.36. The molecule has 0 fully saturated rings. The van der Waals surface area contributed by atoms with Crippen molar-refractivity contribution >= 4 is 47.3 Å². The van der Waals surface area contributed by atoms with Gasteiger partial charge in [-0.15, -0.1) is 0 Å². The van der Waals surface area contributed by atoms with Gasteiger partial charge < -0.3 is 44.0 Å². The van der Waals surface area contributed by atoms with Gasteiger partial charge in [0.05, 0.1) is 12.5 Å². The van der Waals surface area contributed by atoms with Crippen LogP contribution in [0.5, 0.6) is 0 Å². The smallest absolute Gasteiger partial charge is 0.326 e. The maximum atomic E-state index is 12.9. The molecule has 36 heavy (non-hydrogen) atoms. The molecule has 0 radical (unpaired) electrons. The van der Waals surface area contributed by atoms with Gasteiger partial charge >= 0.3 is 5.97 Å². The van der Waals surface area contributed by atoms with Crippen molar-refractivity contribution in [3.63, 3.8) is 0 Å². The molecule has 5 atom stereocenters. The van der Waals surface area contributed by atoms with Crippen LogP contribution >= 0.6 is 11.8 Å². The van der Waals surface area contributed by atoms with Crippen molar-refractivity contribution in [1.82, 2.24) is 16.0 Å². The molecule has 0 rings (SSSR count). The molecule has 0 aliphatic rings. The number of rotatable bonds is 18. The lowest BCUT2D eigenvalue weighted by molar-refractivity contribution is -0.144. The second-order valence-corrected chi connectivity index (χ2v) is 9.33. The van der Waals surface area contributed by atoms with Gasteiger partial charge in [0.1, 0.15) is 18.1 Å². The van der Waals surface area contributed by atoms with E-state index < -0.39 is 60.2 Å². The van der Waals surface area contributed by atoms with E-state index in [-0.39, 0.29) is 31.3 Å². The van der Waals surface area contributed by atoms with Crippen LogP contribution in [0.3, 0.4) is 0 Å². The first-order chi connectivity index (χ1) is 16.8. The van der Waals surface area contributed by atoms with Crippen LogP contribution in [-0.2, 0) is 24.0 Å². The largest absolute Gasteiger partial charge is 0.480 e. The number of amides is 4. The molecule has 5 unspecified atom stereocenters.